The molecule has 2 rings (SSSR count). The van der Waals surface area contributed by atoms with Crippen molar-refractivity contribution in [3.05, 3.63) is 24.3 Å². The number of anilines is 1. The molecule has 0 radical (unpaired) electrons. The van der Waals surface area contributed by atoms with Crippen LogP contribution in [0.4, 0.5) is 14.5 Å². The lowest BCUT2D eigenvalue weighted by Crippen LogP contribution is -2.58. The van der Waals surface area contributed by atoms with Gasteiger partial charge in [-0.05, 0) is 18.6 Å². The van der Waals surface area contributed by atoms with Crippen LogP contribution in [0.5, 0.6) is 5.75 Å². The molecule has 0 spiro atoms. The molecule has 21 heavy (non-hydrogen) atoms. The molecule has 2 amide bonds. The Morgan fingerprint density at radius 1 is 1.38 bits per heavy atom. The van der Waals surface area contributed by atoms with Crippen LogP contribution < -0.4 is 15.0 Å². The normalized spacial score (nSPS) is 18.9. The lowest BCUT2D eigenvalue weighted by atomic mass is 10.1. The minimum Gasteiger partial charge on any atom is -0.433 e. The standard InChI is InChI=1S/C14H16F2N2O3/c1-2-5-9-13(20)18(8-12(19)17-9)10-6-3-4-7-11(10)21-14(15)16/h3-4,6-7,9,14H,2,5,8H2,1H3,(H,17,19). The second kappa shape index (κ2) is 6.51. The van der Waals surface area contributed by atoms with Crippen LogP contribution in [-0.2, 0) is 9.59 Å². The molecule has 1 aromatic carbocycles. The maximum atomic E-state index is 12.4. The molecular formula is C14H16F2N2O3. The molecule has 1 atom stereocenters. The Morgan fingerprint density at radius 2 is 2.10 bits per heavy atom. The predicted octanol–water partition coefficient (Wildman–Crippen LogP) is 1.92. The van der Waals surface area contributed by atoms with Crippen LogP contribution in [0.25, 0.3) is 0 Å². The number of benzene rings is 1. The summed E-state index contributed by atoms with van der Waals surface area (Å²) in [5.74, 6) is -0.757. The molecule has 0 bridgehead atoms. The number of carbonyl (C=O) groups excluding carboxylic acids is 2. The fourth-order valence-electron chi connectivity index (χ4n) is 2.28. The van der Waals surface area contributed by atoms with E-state index in [-0.39, 0.29) is 29.8 Å². The summed E-state index contributed by atoms with van der Waals surface area (Å²) >= 11 is 0. The van der Waals surface area contributed by atoms with E-state index in [0.29, 0.717) is 6.42 Å². The number of halogens is 2. The summed E-state index contributed by atoms with van der Waals surface area (Å²) in [5.41, 5.74) is 0.179. The molecule has 5 nitrogen and oxygen atoms in total. The minimum absolute atomic E-state index is 0.120. The molecule has 1 aromatic rings. The first-order valence-electron chi connectivity index (χ1n) is 6.67. The van der Waals surface area contributed by atoms with Crippen molar-refractivity contribution < 1.29 is 23.1 Å². The fraction of sp³-hybridized carbons (Fsp3) is 0.429. The van der Waals surface area contributed by atoms with Gasteiger partial charge in [0.05, 0.1) is 5.69 Å². The third-order valence-electron chi connectivity index (χ3n) is 3.15. The number of ether oxygens (including phenoxy) is 1. The molecule has 1 unspecified atom stereocenters. The summed E-state index contributed by atoms with van der Waals surface area (Å²) in [7, 11) is 0. The monoisotopic (exact) mass is 298 g/mol. The fourth-order valence-corrected chi connectivity index (χ4v) is 2.28. The molecule has 0 aliphatic carbocycles. The van der Waals surface area contributed by atoms with Gasteiger partial charge in [0, 0.05) is 0 Å². The van der Waals surface area contributed by atoms with Crippen molar-refractivity contribution in [2.24, 2.45) is 0 Å². The van der Waals surface area contributed by atoms with Crippen molar-refractivity contribution in [2.75, 3.05) is 11.4 Å². The highest BCUT2D eigenvalue weighted by molar-refractivity contribution is 6.07. The highest BCUT2D eigenvalue weighted by atomic mass is 19.3. The van der Waals surface area contributed by atoms with Gasteiger partial charge < -0.3 is 10.1 Å². The largest absolute Gasteiger partial charge is 0.433 e. The van der Waals surface area contributed by atoms with Crippen molar-refractivity contribution in [3.63, 3.8) is 0 Å². The summed E-state index contributed by atoms with van der Waals surface area (Å²) in [6.45, 7) is -1.30. The Hall–Kier alpha value is -2.18. The van der Waals surface area contributed by atoms with E-state index < -0.39 is 12.7 Å². The number of rotatable bonds is 5. The number of carbonyl (C=O) groups is 2. The van der Waals surface area contributed by atoms with Crippen LogP contribution >= 0.6 is 0 Å². The van der Waals surface area contributed by atoms with Gasteiger partial charge in [0.2, 0.25) is 11.8 Å². The predicted molar refractivity (Wildman–Crippen MR) is 72.3 cm³/mol. The van der Waals surface area contributed by atoms with Crippen LogP contribution in [0.3, 0.4) is 0 Å². The lowest BCUT2D eigenvalue weighted by Gasteiger charge is -2.33. The number of piperazine rings is 1. The molecule has 1 N–H and O–H groups in total. The number of nitrogens with zero attached hydrogens (tertiary/aromatic N) is 1. The van der Waals surface area contributed by atoms with E-state index in [1.165, 1.54) is 23.1 Å². The smallest absolute Gasteiger partial charge is 0.387 e. The maximum Gasteiger partial charge on any atom is 0.387 e. The van der Waals surface area contributed by atoms with E-state index in [1.807, 2.05) is 6.92 Å². The van der Waals surface area contributed by atoms with Gasteiger partial charge in [0.1, 0.15) is 18.3 Å². The van der Waals surface area contributed by atoms with Crippen molar-refractivity contribution in [2.45, 2.75) is 32.4 Å². The molecule has 1 aliphatic heterocycles. The highest BCUT2D eigenvalue weighted by Gasteiger charge is 2.34. The second-order valence-corrected chi connectivity index (χ2v) is 4.68. The number of para-hydroxylation sites is 2. The van der Waals surface area contributed by atoms with Crippen molar-refractivity contribution >= 4 is 17.5 Å². The van der Waals surface area contributed by atoms with Gasteiger partial charge in [-0.3, -0.25) is 14.5 Å². The first kappa shape index (κ1) is 15.2. The average molecular weight is 298 g/mol. The van der Waals surface area contributed by atoms with E-state index in [0.717, 1.165) is 6.42 Å². The first-order valence-corrected chi connectivity index (χ1v) is 6.67. The molecule has 1 fully saturated rings. The van der Waals surface area contributed by atoms with Gasteiger partial charge in [-0.25, -0.2) is 0 Å². The van der Waals surface area contributed by atoms with Crippen molar-refractivity contribution in [3.8, 4) is 5.75 Å². The van der Waals surface area contributed by atoms with Crippen molar-refractivity contribution in [1.82, 2.24) is 5.32 Å². The molecule has 114 valence electrons. The zero-order chi connectivity index (χ0) is 15.4. The average Bonchev–Trinajstić information content (AvgIpc) is 2.43. The van der Waals surface area contributed by atoms with Gasteiger partial charge in [-0.2, -0.15) is 8.78 Å². The number of amides is 2. The first-order chi connectivity index (χ1) is 10.0. The lowest BCUT2D eigenvalue weighted by molar-refractivity contribution is -0.131. The molecule has 1 saturated heterocycles. The SMILES string of the molecule is CCCC1NC(=O)CN(c2ccccc2OC(F)F)C1=O. The van der Waals surface area contributed by atoms with Crippen LogP contribution in [0.2, 0.25) is 0 Å². The zero-order valence-electron chi connectivity index (χ0n) is 11.5. The Morgan fingerprint density at radius 3 is 2.76 bits per heavy atom. The molecule has 1 heterocycles. The van der Waals surface area contributed by atoms with Crippen LogP contribution in [-0.4, -0.2) is 31.0 Å². The molecule has 0 saturated carbocycles. The third kappa shape index (κ3) is 3.48. The summed E-state index contributed by atoms with van der Waals surface area (Å²) in [5, 5.41) is 2.61. The Labute approximate surface area is 120 Å². The molecular weight excluding hydrogens is 282 g/mol. The van der Waals surface area contributed by atoms with Crippen LogP contribution in [0.1, 0.15) is 19.8 Å². The Bertz CT molecular complexity index is 537. The van der Waals surface area contributed by atoms with Crippen molar-refractivity contribution in [1.29, 1.82) is 0 Å². The van der Waals surface area contributed by atoms with E-state index in [9.17, 15) is 18.4 Å². The van der Waals surface area contributed by atoms with E-state index in [4.69, 9.17) is 0 Å². The number of nitrogens with one attached hydrogen (secondary N) is 1. The van der Waals surface area contributed by atoms with E-state index >= 15 is 0 Å². The topological polar surface area (TPSA) is 58.6 Å². The highest BCUT2D eigenvalue weighted by Crippen LogP contribution is 2.30. The summed E-state index contributed by atoms with van der Waals surface area (Å²) in [6.07, 6.45) is 1.22. The quantitative estimate of drug-likeness (QED) is 0.903. The number of hydrogen-bond acceptors (Lipinski definition) is 3. The van der Waals surface area contributed by atoms with Gasteiger partial charge in [0.15, 0.2) is 0 Å². The molecule has 0 aromatic heterocycles. The van der Waals surface area contributed by atoms with E-state index in [2.05, 4.69) is 10.1 Å². The van der Waals surface area contributed by atoms with Gasteiger partial charge >= 0.3 is 6.61 Å². The Balaban J connectivity index is 2.31. The van der Waals surface area contributed by atoms with Crippen LogP contribution in [0.15, 0.2) is 24.3 Å². The summed E-state index contributed by atoms with van der Waals surface area (Å²) in [6, 6.07) is 5.32. The molecule has 1 aliphatic rings. The minimum atomic E-state index is -2.99. The number of alkyl halides is 2. The van der Waals surface area contributed by atoms with Gasteiger partial charge in [0.25, 0.3) is 0 Å². The third-order valence-corrected chi connectivity index (χ3v) is 3.15. The van der Waals surface area contributed by atoms with E-state index in [1.54, 1.807) is 6.07 Å². The summed E-state index contributed by atoms with van der Waals surface area (Å²) in [4.78, 5) is 25.3. The Kier molecular flexibility index (Phi) is 4.72. The van der Waals surface area contributed by atoms with Gasteiger partial charge in [-0.1, -0.05) is 25.5 Å². The van der Waals surface area contributed by atoms with Gasteiger partial charge in [-0.15, -0.1) is 0 Å². The summed E-state index contributed by atoms with van der Waals surface area (Å²) < 4.78 is 29.3. The number of hydrogen-bond donors (Lipinski definition) is 1. The molecule has 7 heteroatoms. The maximum absolute atomic E-state index is 12.4. The van der Waals surface area contributed by atoms with Crippen LogP contribution in [0, 0.1) is 0 Å². The second-order valence-electron chi connectivity index (χ2n) is 4.68. The zero-order valence-corrected chi connectivity index (χ0v) is 11.5.